The average Bonchev–Trinajstić information content (AvgIpc) is 3.42. The molecule has 1 radical (unpaired) electrons. The molecular weight excluding hydrogens is 757 g/mol. The number of phenols is 2. The van der Waals surface area contributed by atoms with Crippen molar-refractivity contribution >= 4 is 17.7 Å². The number of esters is 1. The van der Waals surface area contributed by atoms with Gasteiger partial charge in [0, 0.05) is 84.2 Å². The van der Waals surface area contributed by atoms with Crippen LogP contribution in [0.15, 0.2) is 6.07 Å². The number of hydrogen-bond donors (Lipinski definition) is 2. The Kier molecular flexibility index (Phi) is 7.52. The number of aromatic hydroxyl groups is 2. The molecule has 2 aromatic rings. The second-order valence-electron chi connectivity index (χ2n) is 11.8. The average molecular weight is 791 g/mol. The summed E-state index contributed by atoms with van der Waals surface area (Å²) >= 11 is 1.60. The molecule has 4 bridgehead atoms. The summed E-state index contributed by atoms with van der Waals surface area (Å²) in [6, 6.07) is 3.02. The minimum absolute atomic E-state index is 0. The number of aryl methyl sites for hydroxylation is 1. The van der Waals surface area contributed by atoms with Crippen LogP contribution in [0.3, 0.4) is 0 Å². The van der Waals surface area contributed by atoms with Crippen molar-refractivity contribution in [2.75, 3.05) is 26.2 Å². The first-order chi connectivity index (χ1) is 19.1. The SMILES string of the molecule is Cc1cc2c(c(O)c1C)[C@@H]1C3[C@@H]4SC[C@H](C)C(=O)OC[C@@H](c5c6c(c(C)c(O)c54)OCO6)N3[C@@H](C#N)[C@H](C2)N1C.[Ac]. The molecule has 2 N–H and O–H groups in total. The molecule has 0 aromatic heterocycles. The van der Waals surface area contributed by atoms with E-state index in [9.17, 15) is 20.3 Å². The predicted molar refractivity (Wildman–Crippen MR) is 148 cm³/mol. The Morgan fingerprint density at radius 3 is 2.49 bits per heavy atom. The third-order valence-corrected chi connectivity index (χ3v) is 11.4. The summed E-state index contributed by atoms with van der Waals surface area (Å²) in [7, 11) is 2.04. The van der Waals surface area contributed by atoms with Gasteiger partial charge in [0.2, 0.25) is 6.79 Å². The first-order valence-corrected chi connectivity index (χ1v) is 14.8. The van der Waals surface area contributed by atoms with Crippen LogP contribution in [0.4, 0.5) is 0 Å². The first kappa shape index (κ1) is 29.4. The van der Waals surface area contributed by atoms with Crippen molar-refractivity contribution in [2.24, 2.45) is 5.92 Å². The molecule has 5 aliphatic rings. The second-order valence-corrected chi connectivity index (χ2v) is 13.0. The van der Waals surface area contributed by atoms with Gasteiger partial charge in [-0.3, -0.25) is 14.6 Å². The van der Waals surface area contributed by atoms with Gasteiger partial charge in [-0.1, -0.05) is 13.0 Å². The number of nitrogens with zero attached hydrogens (tertiary/aromatic N) is 3. The van der Waals surface area contributed by atoms with Gasteiger partial charge in [0.1, 0.15) is 24.1 Å². The Labute approximate surface area is 279 Å². The maximum absolute atomic E-state index is 12.9. The molecule has 2 aromatic carbocycles. The molecule has 1 unspecified atom stereocenters. The number of nitriles is 1. The fourth-order valence-electron chi connectivity index (χ4n) is 7.66. The van der Waals surface area contributed by atoms with Crippen LogP contribution < -0.4 is 9.47 Å². The molecule has 213 valence electrons. The van der Waals surface area contributed by atoms with E-state index in [0.29, 0.717) is 35.0 Å². The van der Waals surface area contributed by atoms with Crippen molar-refractivity contribution < 1.29 is 73.3 Å². The van der Waals surface area contributed by atoms with Crippen molar-refractivity contribution in [2.45, 2.75) is 69.6 Å². The van der Waals surface area contributed by atoms with Crippen LogP contribution in [-0.4, -0.2) is 70.3 Å². The number of phenolic OH excluding ortho intramolecular Hbond substituents is 2. The van der Waals surface area contributed by atoms with Gasteiger partial charge >= 0.3 is 5.97 Å². The third kappa shape index (κ3) is 4.00. The van der Waals surface area contributed by atoms with E-state index in [-0.39, 0.29) is 98.5 Å². The molecule has 5 aliphatic heterocycles. The van der Waals surface area contributed by atoms with E-state index < -0.39 is 12.1 Å². The fraction of sp³-hybridized carbons (Fsp3) is 0.533. The number of thioether (sulfide) groups is 1. The number of ether oxygens (including phenoxy) is 3. The summed E-state index contributed by atoms with van der Waals surface area (Å²) in [6.45, 7) is 7.70. The zero-order chi connectivity index (χ0) is 28.2. The van der Waals surface area contributed by atoms with Crippen LogP contribution in [0.5, 0.6) is 23.0 Å². The van der Waals surface area contributed by atoms with Crippen LogP contribution in [0.1, 0.15) is 63.2 Å². The molecule has 5 heterocycles. The number of likely N-dealkylation sites (N-methyl/N-ethyl adjacent to an activating group) is 1. The molecule has 2 saturated heterocycles. The largest absolute Gasteiger partial charge is 0.507 e. The van der Waals surface area contributed by atoms with Gasteiger partial charge in [-0.15, -0.1) is 0 Å². The number of carbonyl (C=O) groups excluding carboxylic acids is 1. The van der Waals surface area contributed by atoms with Gasteiger partial charge in [-0.2, -0.15) is 17.0 Å². The molecule has 0 spiro atoms. The fourth-order valence-corrected chi connectivity index (χ4v) is 9.19. The van der Waals surface area contributed by atoms with Gasteiger partial charge in [-0.25, -0.2) is 0 Å². The Morgan fingerprint density at radius 1 is 1.05 bits per heavy atom. The monoisotopic (exact) mass is 790 g/mol. The molecule has 11 heteroatoms. The van der Waals surface area contributed by atoms with Crippen molar-refractivity contribution in [3.8, 4) is 29.1 Å². The smallest absolute Gasteiger partial charge is 0.309 e. The maximum Gasteiger partial charge on any atom is 0.309 e. The summed E-state index contributed by atoms with van der Waals surface area (Å²) < 4.78 is 17.7. The number of cyclic esters (lactones) is 1. The molecule has 7 rings (SSSR count). The molecule has 0 saturated carbocycles. The number of rotatable bonds is 0. The minimum Gasteiger partial charge on any atom is -0.507 e. The Bertz CT molecular complexity index is 1510. The van der Waals surface area contributed by atoms with E-state index in [1.165, 1.54) is 0 Å². The van der Waals surface area contributed by atoms with Gasteiger partial charge < -0.3 is 24.4 Å². The quantitative estimate of drug-likeness (QED) is 0.381. The van der Waals surface area contributed by atoms with Gasteiger partial charge in [-0.05, 0) is 50.9 Å². The van der Waals surface area contributed by atoms with E-state index in [1.807, 2.05) is 34.7 Å². The van der Waals surface area contributed by atoms with Crippen LogP contribution in [0, 0.1) is 82.1 Å². The number of piperazine rings is 1. The van der Waals surface area contributed by atoms with Gasteiger partial charge in [0.05, 0.1) is 29.3 Å². The number of carbonyl (C=O) groups is 1. The number of benzene rings is 2. The van der Waals surface area contributed by atoms with Crippen LogP contribution in [0.25, 0.3) is 0 Å². The maximum atomic E-state index is 12.9. The Hall–Kier alpha value is -1.69. The van der Waals surface area contributed by atoms with E-state index in [1.54, 1.807) is 11.8 Å². The normalized spacial score (nSPS) is 31.7. The molecule has 0 aliphatic carbocycles. The summed E-state index contributed by atoms with van der Waals surface area (Å²) in [6.07, 6.45) is 0.615. The van der Waals surface area contributed by atoms with Crippen molar-refractivity contribution in [3.63, 3.8) is 0 Å². The van der Waals surface area contributed by atoms with Crippen LogP contribution in [-0.2, 0) is 16.0 Å². The van der Waals surface area contributed by atoms with Crippen LogP contribution in [0.2, 0.25) is 0 Å². The molecule has 2 fully saturated rings. The topological polar surface area (TPSA) is 115 Å². The molecule has 9 nitrogen and oxygen atoms in total. The Balaban J connectivity index is 0.00000302. The van der Waals surface area contributed by atoms with Crippen molar-refractivity contribution in [1.29, 1.82) is 5.26 Å². The Morgan fingerprint density at radius 2 is 1.76 bits per heavy atom. The van der Waals surface area contributed by atoms with Crippen molar-refractivity contribution in [3.05, 3.63) is 45.0 Å². The summed E-state index contributed by atoms with van der Waals surface area (Å²) in [5.74, 6) is 1.37. The first-order valence-electron chi connectivity index (χ1n) is 13.8. The molecule has 41 heavy (non-hydrogen) atoms. The standard InChI is InChI=1S/C30H33N3O6S.Ac/c1-12-6-16-7-17-18(8-31)33-19-9-37-30(36)13(2)10-40-29(24(33)23(32(17)5)20(16)25(34)14(12)3)22-21(19)28-27(38-11-39-28)15(4)26(22)35;/h6,13,17-19,23-24,29,34-35H,7,9-11H2,1-5H3;/t13-,17-,18-,19-,23+,24?,29+;/m0./s1. The minimum atomic E-state index is -0.536. The molecular formula is C30H33AcN3O6S. The molecule has 7 atom stereocenters. The number of hydrogen-bond acceptors (Lipinski definition) is 10. The second kappa shape index (κ2) is 10.5. The molecule has 0 amide bonds. The van der Waals surface area contributed by atoms with E-state index in [0.717, 1.165) is 33.4 Å². The third-order valence-electron chi connectivity index (χ3n) is 9.81. The van der Waals surface area contributed by atoms with Crippen molar-refractivity contribution in [1.82, 2.24) is 9.80 Å². The zero-order valence-electron chi connectivity index (χ0n) is 23.8. The van der Waals surface area contributed by atoms with E-state index in [4.69, 9.17) is 14.2 Å². The zero-order valence-corrected chi connectivity index (χ0v) is 29.4. The summed E-state index contributed by atoms with van der Waals surface area (Å²) in [4.78, 5) is 17.4. The van der Waals surface area contributed by atoms with Crippen LogP contribution >= 0.6 is 11.8 Å². The number of fused-ring (bicyclic) bond motifs is 9. The van der Waals surface area contributed by atoms with Gasteiger partial charge in [0.25, 0.3) is 0 Å². The summed E-state index contributed by atoms with van der Waals surface area (Å²) in [5.41, 5.74) is 5.93. The summed E-state index contributed by atoms with van der Waals surface area (Å²) in [5, 5.41) is 33.8. The predicted octanol–water partition coefficient (Wildman–Crippen LogP) is 3.95. The van der Waals surface area contributed by atoms with E-state index >= 15 is 0 Å². The van der Waals surface area contributed by atoms with Gasteiger partial charge in [0.15, 0.2) is 11.5 Å². The van der Waals surface area contributed by atoms with E-state index in [2.05, 4.69) is 21.9 Å².